The van der Waals surface area contributed by atoms with Crippen molar-refractivity contribution < 1.29 is 4.79 Å². The topological polar surface area (TPSA) is 17.1 Å². The molecule has 0 saturated heterocycles. The molecule has 2 rings (SSSR count). The molecule has 0 aliphatic carbocycles. The largest absolute Gasteiger partial charge is 0.299 e. The van der Waals surface area contributed by atoms with Crippen LogP contribution >= 0.6 is 22.7 Å². The molecule has 2 heterocycles. The summed E-state index contributed by atoms with van der Waals surface area (Å²) in [6.07, 6.45) is 13.8. The highest BCUT2D eigenvalue weighted by atomic mass is 32.1. The molecule has 0 fully saturated rings. The summed E-state index contributed by atoms with van der Waals surface area (Å²) in [4.78, 5) is 15.2. The summed E-state index contributed by atoms with van der Waals surface area (Å²) in [6, 6.07) is 4.45. The van der Waals surface area contributed by atoms with Gasteiger partial charge in [-0.15, -0.1) is 22.7 Å². The minimum Gasteiger partial charge on any atom is -0.299 e. The average Bonchev–Trinajstić information content (AvgIpc) is 3.25. The van der Waals surface area contributed by atoms with Crippen molar-refractivity contribution in [2.24, 2.45) is 0 Å². The second-order valence-corrected chi connectivity index (χ2v) is 9.25. The monoisotopic (exact) mass is 390 g/mol. The number of hydrogen-bond acceptors (Lipinski definition) is 3. The zero-order valence-corrected chi connectivity index (χ0v) is 18.2. The van der Waals surface area contributed by atoms with Crippen molar-refractivity contribution in [3.63, 3.8) is 0 Å². The summed E-state index contributed by atoms with van der Waals surface area (Å²) in [5.41, 5.74) is 2.82. The van der Waals surface area contributed by atoms with Gasteiger partial charge in [0.1, 0.15) is 5.78 Å². The molecule has 26 heavy (non-hydrogen) atoms. The van der Waals surface area contributed by atoms with Crippen LogP contribution in [0.25, 0.3) is 0 Å². The van der Waals surface area contributed by atoms with E-state index in [4.69, 9.17) is 0 Å². The Labute approximate surface area is 167 Å². The summed E-state index contributed by atoms with van der Waals surface area (Å²) in [6.45, 7) is 4.49. The molecule has 0 atom stereocenters. The molecule has 2 aromatic heterocycles. The fourth-order valence-corrected chi connectivity index (χ4v) is 5.32. The van der Waals surface area contributed by atoms with Gasteiger partial charge in [0, 0.05) is 22.6 Å². The quantitative estimate of drug-likeness (QED) is 0.307. The Morgan fingerprint density at radius 3 is 1.62 bits per heavy atom. The molecule has 0 saturated carbocycles. The number of ketones is 1. The number of hydrogen-bond donors (Lipinski definition) is 0. The Morgan fingerprint density at radius 2 is 1.19 bits per heavy atom. The average molecular weight is 391 g/mol. The van der Waals surface area contributed by atoms with E-state index < -0.39 is 0 Å². The van der Waals surface area contributed by atoms with Gasteiger partial charge >= 0.3 is 0 Å². The maximum atomic E-state index is 12.6. The van der Waals surface area contributed by atoms with Crippen molar-refractivity contribution in [1.29, 1.82) is 0 Å². The van der Waals surface area contributed by atoms with Gasteiger partial charge in [0.05, 0.1) is 0 Å². The first kappa shape index (κ1) is 21.4. The van der Waals surface area contributed by atoms with Gasteiger partial charge in [-0.25, -0.2) is 0 Å². The van der Waals surface area contributed by atoms with Crippen LogP contribution in [0.5, 0.6) is 0 Å². The Kier molecular flexibility index (Phi) is 10.2. The fraction of sp³-hybridized carbons (Fsp3) is 0.609. The van der Waals surface area contributed by atoms with Gasteiger partial charge in [0.15, 0.2) is 0 Å². The Hall–Kier alpha value is -0.930. The van der Waals surface area contributed by atoms with Gasteiger partial charge in [0.25, 0.3) is 0 Å². The Balaban J connectivity index is 1.82. The van der Waals surface area contributed by atoms with Crippen LogP contribution in [0.1, 0.15) is 86.1 Å². The first-order chi connectivity index (χ1) is 12.7. The molecule has 2 aromatic rings. The van der Waals surface area contributed by atoms with Gasteiger partial charge in [0.2, 0.25) is 0 Å². The fourth-order valence-electron chi connectivity index (χ4n) is 3.39. The lowest BCUT2D eigenvalue weighted by Crippen LogP contribution is -2.07. The van der Waals surface area contributed by atoms with Crippen LogP contribution in [-0.2, 0) is 30.5 Å². The Bertz CT molecular complexity index is 584. The summed E-state index contributed by atoms with van der Waals surface area (Å²) in [5, 5.41) is 4.31. The van der Waals surface area contributed by atoms with E-state index in [9.17, 15) is 4.79 Å². The minimum atomic E-state index is 0.375. The van der Waals surface area contributed by atoms with Crippen LogP contribution in [0.2, 0.25) is 0 Å². The molecule has 0 N–H and O–H groups in total. The van der Waals surface area contributed by atoms with Gasteiger partial charge in [-0.05, 0) is 59.7 Å². The predicted octanol–water partition coefficient (Wildman–Crippen LogP) is 7.41. The first-order valence-electron chi connectivity index (χ1n) is 10.4. The molecule has 0 amide bonds. The molecule has 0 aliphatic rings. The smallest absolute Gasteiger partial charge is 0.143 e. The molecular weight excluding hydrogens is 356 g/mol. The van der Waals surface area contributed by atoms with Crippen LogP contribution in [-0.4, -0.2) is 5.78 Å². The normalized spacial score (nSPS) is 11.2. The summed E-state index contributed by atoms with van der Waals surface area (Å²) in [7, 11) is 0. The van der Waals surface area contributed by atoms with E-state index in [1.54, 1.807) is 22.7 Å². The third-order valence-corrected chi connectivity index (χ3v) is 6.92. The van der Waals surface area contributed by atoms with Crippen LogP contribution < -0.4 is 0 Å². The molecule has 0 radical (unpaired) electrons. The highest BCUT2D eigenvalue weighted by Crippen LogP contribution is 2.24. The van der Waals surface area contributed by atoms with Crippen molar-refractivity contribution in [1.82, 2.24) is 0 Å². The van der Waals surface area contributed by atoms with E-state index in [1.165, 1.54) is 72.2 Å². The van der Waals surface area contributed by atoms with Gasteiger partial charge in [-0.1, -0.05) is 52.4 Å². The standard InChI is InChI=1S/C23H34OS2/c1-3-5-7-9-11-19-13-15-25-22(19)17-21(24)18-23-20(14-16-26-23)12-10-8-6-4-2/h13-16H,3-12,17-18H2,1-2H3. The van der Waals surface area contributed by atoms with Gasteiger partial charge < -0.3 is 0 Å². The number of Topliss-reactive ketones (excluding diaryl/α,β-unsaturated/α-hetero) is 1. The molecule has 0 bridgehead atoms. The molecule has 0 aromatic carbocycles. The third kappa shape index (κ3) is 7.36. The molecule has 3 heteroatoms. The zero-order valence-electron chi connectivity index (χ0n) is 16.5. The molecule has 144 valence electrons. The number of unbranched alkanes of at least 4 members (excludes halogenated alkanes) is 6. The van der Waals surface area contributed by atoms with E-state index in [0.717, 1.165) is 12.8 Å². The van der Waals surface area contributed by atoms with E-state index in [1.807, 2.05) is 0 Å². The lowest BCUT2D eigenvalue weighted by molar-refractivity contribution is -0.117. The lowest BCUT2D eigenvalue weighted by atomic mass is 10.0. The van der Waals surface area contributed by atoms with Gasteiger partial charge in [-0.2, -0.15) is 0 Å². The Morgan fingerprint density at radius 1 is 0.731 bits per heavy atom. The van der Waals surface area contributed by atoms with Crippen LogP contribution in [0, 0.1) is 0 Å². The van der Waals surface area contributed by atoms with Crippen molar-refractivity contribution >= 4 is 28.5 Å². The van der Waals surface area contributed by atoms with E-state index >= 15 is 0 Å². The van der Waals surface area contributed by atoms with Crippen molar-refractivity contribution in [3.8, 4) is 0 Å². The predicted molar refractivity (Wildman–Crippen MR) is 117 cm³/mol. The highest BCUT2D eigenvalue weighted by molar-refractivity contribution is 7.10. The van der Waals surface area contributed by atoms with Crippen molar-refractivity contribution in [2.75, 3.05) is 0 Å². The minimum absolute atomic E-state index is 0.375. The lowest BCUT2D eigenvalue weighted by Gasteiger charge is -2.06. The summed E-state index contributed by atoms with van der Waals surface area (Å²) >= 11 is 3.52. The number of aryl methyl sites for hydroxylation is 2. The molecule has 1 nitrogen and oxygen atoms in total. The van der Waals surface area contributed by atoms with Crippen LogP contribution in [0.4, 0.5) is 0 Å². The SMILES string of the molecule is CCCCCCc1ccsc1CC(=O)Cc1sccc1CCCCCC. The number of thiophene rings is 2. The summed E-state index contributed by atoms with van der Waals surface area (Å²) in [5.74, 6) is 0.375. The number of carbonyl (C=O) groups excluding carboxylic acids is 1. The van der Waals surface area contributed by atoms with Gasteiger partial charge in [-0.3, -0.25) is 4.79 Å². The maximum absolute atomic E-state index is 12.6. The van der Waals surface area contributed by atoms with Crippen LogP contribution in [0.15, 0.2) is 22.9 Å². The second-order valence-electron chi connectivity index (χ2n) is 7.25. The zero-order chi connectivity index (χ0) is 18.6. The molecular formula is C23H34OS2. The summed E-state index contributed by atoms with van der Waals surface area (Å²) < 4.78 is 0. The molecule has 0 spiro atoms. The van der Waals surface area contributed by atoms with Crippen molar-refractivity contribution in [3.05, 3.63) is 43.8 Å². The first-order valence-corrected chi connectivity index (χ1v) is 12.1. The van der Waals surface area contributed by atoms with E-state index in [0.29, 0.717) is 18.6 Å². The van der Waals surface area contributed by atoms with E-state index in [-0.39, 0.29) is 0 Å². The molecule has 0 aliphatic heterocycles. The third-order valence-electron chi connectivity index (χ3n) is 4.99. The maximum Gasteiger partial charge on any atom is 0.143 e. The van der Waals surface area contributed by atoms with Crippen LogP contribution in [0.3, 0.4) is 0 Å². The highest BCUT2D eigenvalue weighted by Gasteiger charge is 2.13. The second kappa shape index (κ2) is 12.5. The molecule has 0 unspecified atom stereocenters. The van der Waals surface area contributed by atoms with E-state index in [2.05, 4.69) is 36.7 Å². The number of carbonyl (C=O) groups is 1. The van der Waals surface area contributed by atoms with Crippen molar-refractivity contribution in [2.45, 2.75) is 90.9 Å². The number of rotatable bonds is 14.